The Kier molecular flexibility index (Phi) is 7.01. The van der Waals surface area contributed by atoms with Crippen LogP contribution in [0.3, 0.4) is 0 Å². The van der Waals surface area contributed by atoms with Crippen LogP contribution in [0.25, 0.3) is 0 Å². The minimum absolute atomic E-state index is 0.199. The molecule has 0 spiro atoms. The number of anilines is 1. The third-order valence-electron chi connectivity index (χ3n) is 4.58. The number of hydrogen-bond acceptors (Lipinski definition) is 5. The standard InChI is InChI=1S/C24H23N3O4/c1-16-6-4-5-7-20(16)24(29)26-19-11-9-18(10-12-19)23(28)27-25-15-17-8-13-21(30-2)22(14-17)31-3/h4-15H,1-3H3,(H,26,29)(H,27,28). The van der Waals surface area contributed by atoms with Crippen LogP contribution in [0.15, 0.2) is 71.8 Å². The van der Waals surface area contributed by atoms with E-state index < -0.39 is 0 Å². The third-order valence-corrected chi connectivity index (χ3v) is 4.58. The molecular formula is C24H23N3O4. The van der Waals surface area contributed by atoms with E-state index in [1.807, 2.05) is 25.1 Å². The monoisotopic (exact) mass is 417 g/mol. The Hall–Kier alpha value is -4.13. The molecule has 3 aromatic rings. The largest absolute Gasteiger partial charge is 0.493 e. The van der Waals surface area contributed by atoms with Gasteiger partial charge in [-0.15, -0.1) is 0 Å². The van der Waals surface area contributed by atoms with Gasteiger partial charge in [-0.05, 0) is 66.6 Å². The van der Waals surface area contributed by atoms with Gasteiger partial charge in [-0.2, -0.15) is 5.10 Å². The summed E-state index contributed by atoms with van der Waals surface area (Å²) >= 11 is 0. The van der Waals surface area contributed by atoms with Crippen LogP contribution in [0, 0.1) is 6.92 Å². The van der Waals surface area contributed by atoms with Gasteiger partial charge in [-0.25, -0.2) is 5.43 Å². The normalized spacial score (nSPS) is 10.5. The lowest BCUT2D eigenvalue weighted by atomic mass is 10.1. The van der Waals surface area contributed by atoms with Crippen molar-refractivity contribution < 1.29 is 19.1 Å². The van der Waals surface area contributed by atoms with Gasteiger partial charge in [0.1, 0.15) is 0 Å². The van der Waals surface area contributed by atoms with E-state index in [9.17, 15) is 9.59 Å². The van der Waals surface area contributed by atoms with Crippen LogP contribution in [0.5, 0.6) is 11.5 Å². The summed E-state index contributed by atoms with van der Waals surface area (Å²) in [5.41, 5.74) is 5.73. The molecule has 7 heteroatoms. The lowest BCUT2D eigenvalue weighted by Crippen LogP contribution is -2.18. The van der Waals surface area contributed by atoms with E-state index >= 15 is 0 Å². The van der Waals surface area contributed by atoms with Crippen LogP contribution in [0.4, 0.5) is 5.69 Å². The van der Waals surface area contributed by atoms with Crippen molar-refractivity contribution in [2.24, 2.45) is 5.10 Å². The molecule has 7 nitrogen and oxygen atoms in total. The molecule has 158 valence electrons. The first kappa shape index (κ1) is 21.6. The maximum absolute atomic E-state index is 12.4. The van der Waals surface area contributed by atoms with Crippen LogP contribution in [0.1, 0.15) is 31.8 Å². The molecule has 0 heterocycles. The summed E-state index contributed by atoms with van der Waals surface area (Å²) in [6.07, 6.45) is 1.51. The van der Waals surface area contributed by atoms with Gasteiger partial charge in [0.05, 0.1) is 20.4 Å². The van der Waals surface area contributed by atoms with Crippen molar-refractivity contribution >= 4 is 23.7 Å². The second-order valence-electron chi connectivity index (χ2n) is 6.66. The number of amides is 2. The van der Waals surface area contributed by atoms with Gasteiger partial charge in [0, 0.05) is 16.8 Å². The highest BCUT2D eigenvalue weighted by atomic mass is 16.5. The fourth-order valence-corrected chi connectivity index (χ4v) is 2.89. The number of benzene rings is 3. The van der Waals surface area contributed by atoms with Gasteiger partial charge < -0.3 is 14.8 Å². The quantitative estimate of drug-likeness (QED) is 0.449. The summed E-state index contributed by atoms with van der Waals surface area (Å²) in [7, 11) is 3.11. The van der Waals surface area contributed by atoms with E-state index in [1.165, 1.54) is 6.21 Å². The Morgan fingerprint density at radius 2 is 1.58 bits per heavy atom. The van der Waals surface area contributed by atoms with Crippen molar-refractivity contribution in [1.29, 1.82) is 0 Å². The zero-order valence-corrected chi connectivity index (χ0v) is 17.5. The molecule has 2 amide bonds. The summed E-state index contributed by atoms with van der Waals surface area (Å²) in [5, 5.41) is 6.81. The number of methoxy groups -OCH3 is 2. The van der Waals surface area contributed by atoms with Gasteiger partial charge in [0.2, 0.25) is 0 Å². The molecule has 0 radical (unpaired) electrons. The Bertz CT molecular complexity index is 1110. The van der Waals surface area contributed by atoms with Crippen molar-refractivity contribution in [2.45, 2.75) is 6.92 Å². The fourth-order valence-electron chi connectivity index (χ4n) is 2.89. The molecule has 0 aliphatic rings. The Morgan fingerprint density at radius 3 is 2.26 bits per heavy atom. The van der Waals surface area contributed by atoms with Crippen LogP contribution in [0.2, 0.25) is 0 Å². The number of carbonyl (C=O) groups excluding carboxylic acids is 2. The smallest absolute Gasteiger partial charge is 0.271 e. The lowest BCUT2D eigenvalue weighted by molar-refractivity contribution is 0.0954. The zero-order valence-electron chi connectivity index (χ0n) is 17.5. The Morgan fingerprint density at radius 1 is 0.871 bits per heavy atom. The number of hydrazone groups is 1. The van der Waals surface area contributed by atoms with Gasteiger partial charge in [0.25, 0.3) is 11.8 Å². The molecule has 3 rings (SSSR count). The number of nitrogens with one attached hydrogen (secondary N) is 2. The molecular weight excluding hydrogens is 394 g/mol. The number of ether oxygens (including phenoxy) is 2. The molecule has 0 aliphatic heterocycles. The summed E-state index contributed by atoms with van der Waals surface area (Å²) in [5.74, 6) is 0.614. The SMILES string of the molecule is COc1ccc(C=NNC(=O)c2ccc(NC(=O)c3ccccc3C)cc2)cc1OC. The van der Waals surface area contributed by atoms with Gasteiger partial charge in [-0.1, -0.05) is 18.2 Å². The van der Waals surface area contributed by atoms with Crippen molar-refractivity contribution in [3.8, 4) is 11.5 Å². The maximum Gasteiger partial charge on any atom is 0.271 e. The second-order valence-corrected chi connectivity index (χ2v) is 6.66. The number of hydrogen-bond donors (Lipinski definition) is 2. The third kappa shape index (κ3) is 5.48. The molecule has 0 fully saturated rings. The molecule has 0 saturated heterocycles. The molecule has 2 N–H and O–H groups in total. The van der Waals surface area contributed by atoms with Crippen LogP contribution < -0.4 is 20.2 Å². The van der Waals surface area contributed by atoms with E-state index in [0.717, 1.165) is 11.1 Å². The van der Waals surface area contributed by atoms with E-state index in [1.54, 1.807) is 62.8 Å². The lowest BCUT2D eigenvalue weighted by Gasteiger charge is -2.08. The highest BCUT2D eigenvalue weighted by Gasteiger charge is 2.10. The van der Waals surface area contributed by atoms with Crippen LogP contribution >= 0.6 is 0 Å². The van der Waals surface area contributed by atoms with E-state index in [2.05, 4.69) is 15.8 Å². The molecule has 31 heavy (non-hydrogen) atoms. The molecule has 0 unspecified atom stereocenters. The molecule has 0 saturated carbocycles. The number of rotatable bonds is 7. The van der Waals surface area contributed by atoms with Gasteiger partial charge in [0.15, 0.2) is 11.5 Å². The summed E-state index contributed by atoms with van der Waals surface area (Å²) in [6.45, 7) is 1.88. The number of nitrogens with zero attached hydrogens (tertiary/aromatic N) is 1. The van der Waals surface area contributed by atoms with E-state index in [-0.39, 0.29) is 11.8 Å². The number of aryl methyl sites for hydroxylation is 1. The molecule has 0 atom stereocenters. The van der Waals surface area contributed by atoms with Gasteiger partial charge >= 0.3 is 0 Å². The molecule has 3 aromatic carbocycles. The van der Waals surface area contributed by atoms with E-state index in [4.69, 9.17) is 9.47 Å². The van der Waals surface area contributed by atoms with Crippen molar-refractivity contribution in [1.82, 2.24) is 5.43 Å². The molecule has 0 bridgehead atoms. The average molecular weight is 417 g/mol. The molecule has 0 aliphatic carbocycles. The predicted molar refractivity (Wildman–Crippen MR) is 120 cm³/mol. The average Bonchev–Trinajstić information content (AvgIpc) is 2.79. The minimum atomic E-state index is -0.367. The Balaban J connectivity index is 1.60. The van der Waals surface area contributed by atoms with E-state index in [0.29, 0.717) is 28.3 Å². The Labute approximate surface area is 180 Å². The summed E-state index contributed by atoms with van der Waals surface area (Å²) in [6, 6.07) is 19.2. The van der Waals surface area contributed by atoms with Crippen molar-refractivity contribution in [3.05, 3.63) is 89.0 Å². The highest BCUT2D eigenvalue weighted by molar-refractivity contribution is 6.05. The van der Waals surface area contributed by atoms with Crippen molar-refractivity contribution in [2.75, 3.05) is 19.5 Å². The summed E-state index contributed by atoms with van der Waals surface area (Å²) < 4.78 is 10.4. The summed E-state index contributed by atoms with van der Waals surface area (Å²) in [4.78, 5) is 24.7. The first-order chi connectivity index (χ1) is 15.0. The van der Waals surface area contributed by atoms with Crippen LogP contribution in [-0.2, 0) is 0 Å². The first-order valence-corrected chi connectivity index (χ1v) is 9.54. The molecule has 0 aromatic heterocycles. The highest BCUT2D eigenvalue weighted by Crippen LogP contribution is 2.26. The zero-order chi connectivity index (χ0) is 22.2. The van der Waals surface area contributed by atoms with Gasteiger partial charge in [-0.3, -0.25) is 9.59 Å². The minimum Gasteiger partial charge on any atom is -0.493 e. The topological polar surface area (TPSA) is 89.0 Å². The first-order valence-electron chi connectivity index (χ1n) is 9.54. The van der Waals surface area contributed by atoms with Crippen LogP contribution in [-0.4, -0.2) is 32.2 Å². The maximum atomic E-state index is 12.4. The fraction of sp³-hybridized carbons (Fsp3) is 0.125. The van der Waals surface area contributed by atoms with Crippen molar-refractivity contribution in [3.63, 3.8) is 0 Å². The second kappa shape index (κ2) is 10.1. The number of carbonyl (C=O) groups is 2. The predicted octanol–water partition coefficient (Wildman–Crippen LogP) is 4.03.